The normalized spacial score (nSPS) is 24.5. The lowest BCUT2D eigenvalue weighted by Crippen LogP contribution is -2.21. The minimum atomic E-state index is -0.203. The maximum atomic E-state index is 14.2. The number of likely N-dealkylation sites (tertiary alicyclic amines) is 1. The Kier molecular flexibility index (Phi) is 4.25. The first-order valence-electron chi connectivity index (χ1n) is 6.00. The van der Waals surface area contributed by atoms with E-state index in [0.29, 0.717) is 28.2 Å². The number of ether oxygens (including phenoxy) is 1. The van der Waals surface area contributed by atoms with Crippen molar-refractivity contribution in [3.63, 3.8) is 0 Å². The summed E-state index contributed by atoms with van der Waals surface area (Å²) in [6, 6.07) is 3.50. The van der Waals surface area contributed by atoms with E-state index >= 15 is 0 Å². The van der Waals surface area contributed by atoms with Gasteiger partial charge >= 0.3 is 0 Å². The van der Waals surface area contributed by atoms with Crippen LogP contribution in [0.3, 0.4) is 0 Å². The number of hydrogen-bond acceptors (Lipinski definition) is 3. The molecule has 1 fully saturated rings. The Hall–Kier alpha value is -0.650. The van der Waals surface area contributed by atoms with Crippen molar-refractivity contribution in [3.05, 3.63) is 28.0 Å². The van der Waals surface area contributed by atoms with Gasteiger partial charge in [0, 0.05) is 18.2 Å². The molecule has 1 aromatic rings. The lowest BCUT2D eigenvalue weighted by molar-refractivity contribution is 0.305. The monoisotopic (exact) mass is 316 g/mol. The molecule has 1 saturated heterocycles. The fourth-order valence-corrected chi connectivity index (χ4v) is 3.04. The molecular weight excluding hydrogens is 299 g/mol. The molecular formula is C13H18BrFN2O. The third-order valence-electron chi connectivity index (χ3n) is 3.59. The number of halogens is 2. The van der Waals surface area contributed by atoms with Gasteiger partial charge in [-0.05, 0) is 54.0 Å². The van der Waals surface area contributed by atoms with Crippen LogP contribution in [0.15, 0.2) is 16.6 Å². The number of nitrogens with two attached hydrogens (primary N) is 1. The van der Waals surface area contributed by atoms with E-state index in [9.17, 15) is 4.39 Å². The summed E-state index contributed by atoms with van der Waals surface area (Å²) in [5.41, 5.74) is 6.39. The van der Waals surface area contributed by atoms with Crippen LogP contribution in [0.1, 0.15) is 18.0 Å². The molecule has 0 radical (unpaired) electrons. The van der Waals surface area contributed by atoms with Gasteiger partial charge in [0.25, 0.3) is 0 Å². The average Bonchev–Trinajstić information content (AvgIpc) is 2.74. The van der Waals surface area contributed by atoms with Crippen LogP contribution in [0.2, 0.25) is 0 Å². The van der Waals surface area contributed by atoms with Gasteiger partial charge in [-0.1, -0.05) is 0 Å². The summed E-state index contributed by atoms with van der Waals surface area (Å²) in [6.45, 7) is 1.56. The summed E-state index contributed by atoms with van der Waals surface area (Å²) in [5, 5.41) is 0. The highest BCUT2D eigenvalue weighted by Crippen LogP contribution is 2.38. The predicted molar refractivity (Wildman–Crippen MR) is 73.2 cm³/mol. The van der Waals surface area contributed by atoms with Crippen molar-refractivity contribution in [2.24, 2.45) is 11.7 Å². The van der Waals surface area contributed by atoms with Crippen LogP contribution in [0.5, 0.6) is 5.75 Å². The molecule has 2 rings (SSSR count). The Morgan fingerprint density at radius 2 is 2.28 bits per heavy atom. The maximum Gasteiger partial charge on any atom is 0.142 e. The summed E-state index contributed by atoms with van der Waals surface area (Å²) in [5.74, 6) is 0.901. The van der Waals surface area contributed by atoms with Crippen LogP contribution in [0.25, 0.3) is 0 Å². The highest BCUT2D eigenvalue weighted by molar-refractivity contribution is 9.10. The molecule has 0 aliphatic carbocycles. The molecule has 1 heterocycles. The highest BCUT2D eigenvalue weighted by Gasteiger charge is 2.32. The molecule has 5 heteroatoms. The lowest BCUT2D eigenvalue weighted by atomic mass is 9.99. The molecule has 1 aliphatic heterocycles. The molecule has 1 aliphatic rings. The van der Waals surface area contributed by atoms with Gasteiger partial charge in [0.15, 0.2) is 0 Å². The quantitative estimate of drug-likeness (QED) is 0.931. The maximum absolute atomic E-state index is 14.2. The van der Waals surface area contributed by atoms with Crippen molar-refractivity contribution in [1.82, 2.24) is 4.90 Å². The van der Waals surface area contributed by atoms with E-state index in [0.717, 1.165) is 13.0 Å². The van der Waals surface area contributed by atoms with Crippen molar-refractivity contribution >= 4 is 15.9 Å². The third-order valence-corrected chi connectivity index (χ3v) is 4.17. The molecule has 2 atom stereocenters. The minimum absolute atomic E-state index is 0.0740. The molecule has 0 bridgehead atoms. The molecule has 0 saturated carbocycles. The van der Waals surface area contributed by atoms with Gasteiger partial charge in [-0.2, -0.15) is 0 Å². The Balaban J connectivity index is 2.35. The molecule has 18 heavy (non-hydrogen) atoms. The lowest BCUT2D eigenvalue weighted by Gasteiger charge is -2.21. The molecule has 0 aromatic heterocycles. The van der Waals surface area contributed by atoms with Crippen molar-refractivity contribution in [2.75, 3.05) is 27.2 Å². The number of methoxy groups -OCH3 is 1. The number of rotatable bonds is 3. The number of nitrogens with zero attached hydrogens (tertiary/aromatic N) is 1. The Morgan fingerprint density at radius 1 is 1.56 bits per heavy atom. The van der Waals surface area contributed by atoms with Crippen molar-refractivity contribution in [1.29, 1.82) is 0 Å². The van der Waals surface area contributed by atoms with Gasteiger partial charge in [-0.25, -0.2) is 4.39 Å². The van der Waals surface area contributed by atoms with Gasteiger partial charge in [-0.3, -0.25) is 4.90 Å². The topological polar surface area (TPSA) is 38.5 Å². The second-order valence-electron chi connectivity index (χ2n) is 4.81. The first-order valence-corrected chi connectivity index (χ1v) is 6.79. The van der Waals surface area contributed by atoms with Gasteiger partial charge in [0.05, 0.1) is 11.6 Å². The largest absolute Gasteiger partial charge is 0.497 e. The Labute approximate surface area is 115 Å². The second kappa shape index (κ2) is 5.55. The van der Waals surface area contributed by atoms with Crippen LogP contribution < -0.4 is 10.5 Å². The van der Waals surface area contributed by atoms with Crippen molar-refractivity contribution in [2.45, 2.75) is 12.5 Å². The molecule has 100 valence electrons. The predicted octanol–water partition coefficient (Wildman–Crippen LogP) is 2.55. The van der Waals surface area contributed by atoms with Crippen LogP contribution >= 0.6 is 15.9 Å². The molecule has 0 amide bonds. The minimum Gasteiger partial charge on any atom is -0.497 e. The van der Waals surface area contributed by atoms with Crippen LogP contribution in [0, 0.1) is 11.7 Å². The first kappa shape index (κ1) is 13.8. The van der Waals surface area contributed by atoms with Gasteiger partial charge in [0.2, 0.25) is 0 Å². The van der Waals surface area contributed by atoms with E-state index in [4.69, 9.17) is 10.5 Å². The fraction of sp³-hybridized carbons (Fsp3) is 0.538. The van der Waals surface area contributed by atoms with Crippen molar-refractivity contribution in [3.8, 4) is 5.75 Å². The second-order valence-corrected chi connectivity index (χ2v) is 5.66. The number of hydrogen-bond donors (Lipinski definition) is 1. The standard InChI is InChI=1S/C13H18BrFN2O/c1-17-7-8(6-16)3-12(17)10-4-9(18-2)5-11(14)13(10)15/h4-5,8,12H,3,6-7,16H2,1-2H3. The first-order chi connectivity index (χ1) is 8.56. The molecule has 2 N–H and O–H groups in total. The zero-order valence-electron chi connectivity index (χ0n) is 10.6. The van der Waals surface area contributed by atoms with E-state index in [2.05, 4.69) is 20.8 Å². The molecule has 0 spiro atoms. The van der Waals surface area contributed by atoms with Crippen LogP contribution in [-0.2, 0) is 0 Å². The number of benzene rings is 1. The van der Waals surface area contributed by atoms with Crippen LogP contribution in [-0.4, -0.2) is 32.1 Å². The van der Waals surface area contributed by atoms with E-state index in [-0.39, 0.29) is 11.9 Å². The third kappa shape index (κ3) is 2.53. The zero-order valence-corrected chi connectivity index (χ0v) is 12.2. The van der Waals surface area contributed by atoms with Gasteiger partial charge in [-0.15, -0.1) is 0 Å². The summed E-state index contributed by atoms with van der Waals surface area (Å²) in [6.07, 6.45) is 0.892. The van der Waals surface area contributed by atoms with E-state index in [1.807, 2.05) is 7.05 Å². The average molecular weight is 317 g/mol. The summed E-state index contributed by atoms with van der Waals surface area (Å²) in [7, 11) is 3.59. The fourth-order valence-electron chi connectivity index (χ4n) is 2.58. The molecule has 3 nitrogen and oxygen atoms in total. The molecule has 2 unspecified atom stereocenters. The van der Waals surface area contributed by atoms with Crippen LogP contribution in [0.4, 0.5) is 4.39 Å². The van der Waals surface area contributed by atoms with E-state index in [1.54, 1.807) is 19.2 Å². The summed E-state index contributed by atoms with van der Waals surface area (Å²) < 4.78 is 19.9. The van der Waals surface area contributed by atoms with Gasteiger partial charge in [0.1, 0.15) is 11.6 Å². The summed E-state index contributed by atoms with van der Waals surface area (Å²) >= 11 is 3.24. The molecule has 1 aromatic carbocycles. The van der Waals surface area contributed by atoms with E-state index < -0.39 is 0 Å². The Bertz CT molecular complexity index is 441. The van der Waals surface area contributed by atoms with E-state index in [1.165, 1.54) is 0 Å². The van der Waals surface area contributed by atoms with Crippen molar-refractivity contribution < 1.29 is 9.13 Å². The highest BCUT2D eigenvalue weighted by atomic mass is 79.9. The van der Waals surface area contributed by atoms with Gasteiger partial charge < -0.3 is 10.5 Å². The smallest absolute Gasteiger partial charge is 0.142 e. The summed E-state index contributed by atoms with van der Waals surface area (Å²) in [4.78, 5) is 2.15. The Morgan fingerprint density at radius 3 is 2.83 bits per heavy atom. The zero-order chi connectivity index (χ0) is 13.3. The SMILES string of the molecule is COc1cc(Br)c(F)c(C2CC(CN)CN2C)c1.